The van der Waals surface area contributed by atoms with Crippen molar-refractivity contribution in [1.29, 1.82) is 0 Å². The van der Waals surface area contributed by atoms with Crippen molar-refractivity contribution in [2.75, 3.05) is 0 Å². The van der Waals surface area contributed by atoms with Crippen LogP contribution in [0.1, 0.15) is 37.7 Å². The van der Waals surface area contributed by atoms with Gasteiger partial charge in [-0.1, -0.05) is 48.5 Å². The van der Waals surface area contributed by atoms with Gasteiger partial charge in [0.1, 0.15) is 0 Å². The van der Waals surface area contributed by atoms with Crippen molar-refractivity contribution in [3.8, 4) is 0 Å². The van der Waals surface area contributed by atoms with E-state index < -0.39 is 11.4 Å². The smallest absolute Gasteiger partial charge is 0.314 e. The van der Waals surface area contributed by atoms with Crippen LogP contribution in [0.4, 0.5) is 0 Å². The predicted octanol–water partition coefficient (Wildman–Crippen LogP) is 4.28. The second-order valence-electron chi connectivity index (χ2n) is 4.54. The maximum absolute atomic E-state index is 11.7. The highest BCUT2D eigenvalue weighted by molar-refractivity contribution is 6.36. The van der Waals surface area contributed by atoms with Crippen molar-refractivity contribution >= 4 is 29.2 Å². The van der Waals surface area contributed by atoms with E-state index in [0.717, 1.165) is 19.3 Å². The van der Waals surface area contributed by atoms with Crippen LogP contribution in [0.5, 0.6) is 0 Å². The molecule has 0 radical (unpaired) electrons. The molecule has 0 aliphatic heterocycles. The highest BCUT2D eigenvalue weighted by Gasteiger charge is 2.43. The third-order valence-corrected chi connectivity index (χ3v) is 4.19. The molecule has 0 aromatic heterocycles. The van der Waals surface area contributed by atoms with E-state index in [-0.39, 0.29) is 0 Å². The fraction of sp³-hybridized carbons (Fsp3) is 0.462. The van der Waals surface area contributed by atoms with Gasteiger partial charge in [-0.05, 0) is 25.0 Å². The molecule has 0 unspecified atom stereocenters. The van der Waals surface area contributed by atoms with Gasteiger partial charge in [0, 0.05) is 15.6 Å². The monoisotopic (exact) mass is 272 g/mol. The molecule has 17 heavy (non-hydrogen) atoms. The molecule has 4 heteroatoms. The second-order valence-corrected chi connectivity index (χ2v) is 5.36. The lowest BCUT2D eigenvalue weighted by Gasteiger charge is -2.34. The summed E-state index contributed by atoms with van der Waals surface area (Å²) in [5, 5.41) is 10.5. The first-order chi connectivity index (χ1) is 8.08. The molecule has 92 valence electrons. The molecule has 1 saturated carbocycles. The summed E-state index contributed by atoms with van der Waals surface area (Å²) in [6.07, 6.45) is 4.14. The van der Waals surface area contributed by atoms with E-state index in [9.17, 15) is 9.90 Å². The molecule has 0 spiro atoms. The van der Waals surface area contributed by atoms with Gasteiger partial charge in [0.05, 0.1) is 5.41 Å². The van der Waals surface area contributed by atoms with Gasteiger partial charge in [0.25, 0.3) is 0 Å². The molecule has 0 heterocycles. The minimum Gasteiger partial charge on any atom is -0.481 e. The number of halogens is 2. The Balaban J connectivity index is 2.56. The standard InChI is InChI=1S/C13H14Cl2O2/c14-9-5-4-6-10(15)11(9)13(12(16)17)7-2-1-3-8-13/h4-6H,1-3,7-8H2,(H,16,17). The molecule has 2 rings (SSSR count). The maximum atomic E-state index is 11.7. The van der Waals surface area contributed by atoms with Crippen molar-refractivity contribution in [3.05, 3.63) is 33.8 Å². The van der Waals surface area contributed by atoms with Crippen molar-refractivity contribution < 1.29 is 9.90 Å². The van der Waals surface area contributed by atoms with Gasteiger partial charge in [-0.15, -0.1) is 0 Å². The number of carboxylic acids is 1. The Kier molecular flexibility index (Phi) is 3.64. The normalized spacial score (nSPS) is 18.9. The lowest BCUT2D eigenvalue weighted by Crippen LogP contribution is -2.38. The summed E-state index contributed by atoms with van der Waals surface area (Å²) in [7, 11) is 0. The van der Waals surface area contributed by atoms with Gasteiger partial charge in [0.2, 0.25) is 0 Å². The minimum absolute atomic E-state index is 0.460. The average Bonchev–Trinajstić information content (AvgIpc) is 2.29. The summed E-state index contributed by atoms with van der Waals surface area (Å²) < 4.78 is 0. The van der Waals surface area contributed by atoms with Gasteiger partial charge in [-0.2, -0.15) is 0 Å². The van der Waals surface area contributed by atoms with Crippen LogP contribution in [0.3, 0.4) is 0 Å². The molecule has 1 aliphatic carbocycles. The van der Waals surface area contributed by atoms with Crippen LogP contribution >= 0.6 is 23.2 Å². The number of hydrogen-bond acceptors (Lipinski definition) is 1. The van der Waals surface area contributed by atoms with E-state index >= 15 is 0 Å². The summed E-state index contributed by atoms with van der Waals surface area (Å²) in [4.78, 5) is 11.7. The molecule has 1 N–H and O–H groups in total. The van der Waals surface area contributed by atoms with Crippen molar-refractivity contribution in [2.24, 2.45) is 0 Å². The fourth-order valence-corrected chi connectivity index (χ4v) is 3.44. The fourth-order valence-electron chi connectivity index (χ4n) is 2.68. The van der Waals surface area contributed by atoms with Crippen LogP contribution in [0.15, 0.2) is 18.2 Å². The van der Waals surface area contributed by atoms with Crippen molar-refractivity contribution in [3.63, 3.8) is 0 Å². The highest BCUT2D eigenvalue weighted by Crippen LogP contribution is 2.45. The number of aliphatic carboxylic acids is 1. The Morgan fingerprint density at radius 1 is 1.12 bits per heavy atom. The van der Waals surface area contributed by atoms with Gasteiger partial charge in [0.15, 0.2) is 0 Å². The van der Waals surface area contributed by atoms with Crippen molar-refractivity contribution in [1.82, 2.24) is 0 Å². The van der Waals surface area contributed by atoms with Crippen molar-refractivity contribution in [2.45, 2.75) is 37.5 Å². The Bertz CT molecular complexity index is 417. The van der Waals surface area contributed by atoms with Gasteiger partial charge < -0.3 is 5.11 Å². The summed E-state index contributed by atoms with van der Waals surface area (Å²) >= 11 is 12.3. The Morgan fingerprint density at radius 3 is 2.12 bits per heavy atom. The molecule has 0 atom stereocenters. The summed E-state index contributed by atoms with van der Waals surface area (Å²) in [5.41, 5.74) is -0.302. The highest BCUT2D eigenvalue weighted by atomic mass is 35.5. The molecule has 1 aromatic rings. The molecular formula is C13H14Cl2O2. The van der Waals surface area contributed by atoms with E-state index in [4.69, 9.17) is 23.2 Å². The van der Waals surface area contributed by atoms with Crippen LogP contribution in [0.2, 0.25) is 10.0 Å². The SMILES string of the molecule is O=C(O)C1(c2c(Cl)cccc2Cl)CCCCC1. The van der Waals surface area contributed by atoms with E-state index in [1.54, 1.807) is 18.2 Å². The zero-order chi connectivity index (χ0) is 12.5. The third kappa shape index (κ3) is 2.16. The van der Waals surface area contributed by atoms with E-state index in [1.165, 1.54) is 0 Å². The molecule has 1 aromatic carbocycles. The average molecular weight is 273 g/mol. The van der Waals surface area contributed by atoms with Gasteiger partial charge >= 0.3 is 5.97 Å². The number of benzene rings is 1. The lowest BCUT2D eigenvalue weighted by molar-refractivity contribution is -0.145. The van der Waals surface area contributed by atoms with Crippen LogP contribution in [-0.4, -0.2) is 11.1 Å². The van der Waals surface area contributed by atoms with Gasteiger partial charge in [-0.25, -0.2) is 0 Å². The number of rotatable bonds is 2. The van der Waals surface area contributed by atoms with Crippen LogP contribution < -0.4 is 0 Å². The van der Waals surface area contributed by atoms with E-state index in [2.05, 4.69) is 0 Å². The number of carbonyl (C=O) groups is 1. The Hall–Kier alpha value is -0.730. The topological polar surface area (TPSA) is 37.3 Å². The zero-order valence-electron chi connectivity index (χ0n) is 9.38. The molecule has 2 nitrogen and oxygen atoms in total. The Morgan fingerprint density at radius 2 is 1.65 bits per heavy atom. The van der Waals surface area contributed by atoms with Crippen LogP contribution in [-0.2, 0) is 10.2 Å². The number of carboxylic acid groups (broad SMARTS) is 1. The third-order valence-electron chi connectivity index (χ3n) is 3.56. The quantitative estimate of drug-likeness (QED) is 0.873. The van der Waals surface area contributed by atoms with Crippen LogP contribution in [0.25, 0.3) is 0 Å². The summed E-state index contributed by atoms with van der Waals surface area (Å²) in [6.45, 7) is 0. The largest absolute Gasteiger partial charge is 0.481 e. The zero-order valence-corrected chi connectivity index (χ0v) is 10.9. The maximum Gasteiger partial charge on any atom is 0.314 e. The minimum atomic E-state index is -0.895. The van der Waals surface area contributed by atoms with Gasteiger partial charge in [-0.3, -0.25) is 4.79 Å². The van der Waals surface area contributed by atoms with E-state index in [1.807, 2.05) is 0 Å². The first kappa shape index (κ1) is 12.7. The molecule has 1 fully saturated rings. The first-order valence-corrected chi connectivity index (χ1v) is 6.51. The first-order valence-electron chi connectivity index (χ1n) is 5.76. The lowest BCUT2D eigenvalue weighted by atomic mass is 9.69. The van der Waals surface area contributed by atoms with E-state index in [0.29, 0.717) is 28.5 Å². The summed E-state index contributed by atoms with van der Waals surface area (Å²) in [5.74, 6) is -0.813. The number of hydrogen-bond donors (Lipinski definition) is 1. The molecule has 0 saturated heterocycles. The van der Waals surface area contributed by atoms with Crippen LogP contribution in [0, 0.1) is 0 Å². The summed E-state index contributed by atoms with van der Waals surface area (Å²) in [6, 6.07) is 5.16. The second kappa shape index (κ2) is 4.87. The molecule has 1 aliphatic rings. The molecule has 0 amide bonds. The molecule has 0 bridgehead atoms. The predicted molar refractivity (Wildman–Crippen MR) is 68.9 cm³/mol. The Labute approximate surface area is 111 Å². The molecular weight excluding hydrogens is 259 g/mol.